The molecule has 0 aliphatic carbocycles. The van der Waals surface area contributed by atoms with Gasteiger partial charge in [0.05, 0.1) is 0 Å². The van der Waals surface area contributed by atoms with Crippen LogP contribution in [-0.4, -0.2) is 48.4 Å². The summed E-state index contributed by atoms with van der Waals surface area (Å²) in [6.45, 7) is 8.80. The topological polar surface area (TPSA) is 52.7 Å². The molecular weight excluding hydrogens is 326 g/mol. The van der Waals surface area contributed by atoms with E-state index < -0.39 is 0 Å². The minimum atomic E-state index is -0.0151. The molecule has 0 unspecified atom stereocenters. The van der Waals surface area contributed by atoms with Gasteiger partial charge in [-0.3, -0.25) is 4.79 Å². The zero-order valence-electron chi connectivity index (χ0n) is 16.5. The largest absolute Gasteiger partial charge is 0.345 e. The van der Waals surface area contributed by atoms with Crippen molar-refractivity contribution in [2.75, 3.05) is 32.0 Å². The summed E-state index contributed by atoms with van der Waals surface area (Å²) in [6, 6.07) is 6.13. The highest BCUT2D eigenvalue weighted by molar-refractivity contribution is 5.89. The quantitative estimate of drug-likeness (QED) is 0.870. The van der Waals surface area contributed by atoms with Crippen molar-refractivity contribution < 1.29 is 9.59 Å². The van der Waals surface area contributed by atoms with Gasteiger partial charge in [-0.25, -0.2) is 4.79 Å². The van der Waals surface area contributed by atoms with Crippen LogP contribution >= 0.6 is 0 Å². The summed E-state index contributed by atoms with van der Waals surface area (Å²) in [5.74, 6) is 0.684. The molecule has 0 bridgehead atoms. The number of hydrogen-bond acceptors (Lipinski definition) is 2. The standard InChI is InChI=1S/C21H31N3O2/c1-15(2)18-13-17(6-5-16(18)3)22-20(26)24-11-9-21(10-12-24)8-7-19(25)23(4)14-21/h5-6,13,15H,7-12,14H2,1-4H3,(H,22,26). The van der Waals surface area contributed by atoms with Crippen molar-refractivity contribution in [1.82, 2.24) is 9.80 Å². The lowest BCUT2D eigenvalue weighted by atomic mass is 9.72. The maximum absolute atomic E-state index is 12.7. The normalized spacial score (nSPS) is 20.0. The first kappa shape index (κ1) is 18.7. The molecule has 0 saturated carbocycles. The zero-order chi connectivity index (χ0) is 18.9. The van der Waals surface area contributed by atoms with E-state index in [0.29, 0.717) is 12.3 Å². The summed E-state index contributed by atoms with van der Waals surface area (Å²) >= 11 is 0. The fourth-order valence-corrected chi connectivity index (χ4v) is 4.37. The Morgan fingerprint density at radius 2 is 1.88 bits per heavy atom. The number of piperidine rings is 2. The lowest BCUT2D eigenvalue weighted by Crippen LogP contribution is -2.51. The van der Waals surface area contributed by atoms with E-state index in [4.69, 9.17) is 0 Å². The minimum absolute atomic E-state index is 0.0151. The Morgan fingerprint density at radius 1 is 1.19 bits per heavy atom. The third-order valence-electron chi connectivity index (χ3n) is 6.13. The number of rotatable bonds is 2. The van der Waals surface area contributed by atoms with Crippen LogP contribution in [-0.2, 0) is 4.79 Å². The van der Waals surface area contributed by atoms with Gasteiger partial charge in [-0.05, 0) is 60.8 Å². The summed E-state index contributed by atoms with van der Waals surface area (Å²) in [5.41, 5.74) is 3.60. The number of benzene rings is 1. The minimum Gasteiger partial charge on any atom is -0.345 e. The molecule has 2 fully saturated rings. The molecule has 26 heavy (non-hydrogen) atoms. The molecule has 2 aliphatic heterocycles. The molecule has 0 atom stereocenters. The number of amides is 3. The van der Waals surface area contributed by atoms with Crippen LogP contribution in [0.25, 0.3) is 0 Å². The molecular formula is C21H31N3O2. The molecule has 0 radical (unpaired) electrons. The molecule has 3 amide bonds. The van der Waals surface area contributed by atoms with Crippen LogP contribution in [0.2, 0.25) is 0 Å². The average Bonchev–Trinajstić information content (AvgIpc) is 2.60. The number of aryl methyl sites for hydroxylation is 1. The maximum Gasteiger partial charge on any atom is 0.321 e. The fraction of sp³-hybridized carbons (Fsp3) is 0.619. The summed E-state index contributed by atoms with van der Waals surface area (Å²) in [6.07, 6.45) is 3.55. The van der Waals surface area contributed by atoms with E-state index in [1.807, 2.05) is 22.9 Å². The number of carbonyl (C=O) groups is 2. The van der Waals surface area contributed by atoms with E-state index in [1.165, 1.54) is 11.1 Å². The number of likely N-dealkylation sites (tertiary alicyclic amines) is 2. The SMILES string of the molecule is Cc1ccc(NC(=O)N2CCC3(CCC(=O)N(C)C3)CC2)cc1C(C)C. The van der Waals surface area contributed by atoms with E-state index in [0.717, 1.165) is 44.6 Å². The number of carbonyl (C=O) groups excluding carboxylic acids is 2. The number of nitrogens with zero attached hydrogens (tertiary/aromatic N) is 2. The van der Waals surface area contributed by atoms with Gasteiger partial charge in [0, 0.05) is 38.8 Å². The van der Waals surface area contributed by atoms with Crippen LogP contribution in [0.3, 0.4) is 0 Å². The van der Waals surface area contributed by atoms with Crippen LogP contribution in [0.5, 0.6) is 0 Å². The molecule has 142 valence electrons. The Hall–Kier alpha value is -2.04. The Labute approximate surface area is 156 Å². The van der Waals surface area contributed by atoms with Crippen molar-refractivity contribution in [3.8, 4) is 0 Å². The molecule has 2 saturated heterocycles. The smallest absolute Gasteiger partial charge is 0.321 e. The second-order valence-electron chi connectivity index (χ2n) is 8.39. The van der Waals surface area contributed by atoms with E-state index in [-0.39, 0.29) is 17.4 Å². The van der Waals surface area contributed by atoms with Gasteiger partial charge in [0.2, 0.25) is 5.91 Å². The highest BCUT2D eigenvalue weighted by atomic mass is 16.2. The van der Waals surface area contributed by atoms with Gasteiger partial charge in [-0.15, -0.1) is 0 Å². The predicted molar refractivity (Wildman–Crippen MR) is 104 cm³/mol. The maximum atomic E-state index is 12.7. The van der Waals surface area contributed by atoms with Gasteiger partial charge in [0.15, 0.2) is 0 Å². The summed E-state index contributed by atoms with van der Waals surface area (Å²) in [4.78, 5) is 28.2. The highest BCUT2D eigenvalue weighted by Crippen LogP contribution is 2.39. The fourth-order valence-electron chi connectivity index (χ4n) is 4.37. The third-order valence-corrected chi connectivity index (χ3v) is 6.13. The summed E-state index contributed by atoms with van der Waals surface area (Å²) < 4.78 is 0. The molecule has 1 spiro atoms. The van der Waals surface area contributed by atoms with Crippen molar-refractivity contribution in [3.63, 3.8) is 0 Å². The molecule has 2 heterocycles. The van der Waals surface area contributed by atoms with Crippen LogP contribution < -0.4 is 5.32 Å². The predicted octanol–water partition coefficient (Wildman–Crippen LogP) is 3.98. The Bertz CT molecular complexity index is 690. The third kappa shape index (κ3) is 3.87. The molecule has 1 N–H and O–H groups in total. The zero-order valence-corrected chi connectivity index (χ0v) is 16.5. The first-order chi connectivity index (χ1) is 12.3. The Morgan fingerprint density at radius 3 is 2.50 bits per heavy atom. The van der Waals surface area contributed by atoms with Gasteiger partial charge in [-0.2, -0.15) is 0 Å². The van der Waals surface area contributed by atoms with Crippen molar-refractivity contribution >= 4 is 17.6 Å². The lowest BCUT2D eigenvalue weighted by molar-refractivity contribution is -0.137. The van der Waals surface area contributed by atoms with Crippen molar-refractivity contribution in [2.45, 2.75) is 52.4 Å². The summed E-state index contributed by atoms with van der Waals surface area (Å²) in [7, 11) is 1.89. The molecule has 2 aliphatic rings. The average molecular weight is 357 g/mol. The molecule has 3 rings (SSSR count). The number of nitrogens with one attached hydrogen (secondary N) is 1. The molecule has 0 aromatic heterocycles. The molecule has 1 aromatic carbocycles. The van der Waals surface area contributed by atoms with Gasteiger partial charge in [0.25, 0.3) is 0 Å². The molecule has 5 heteroatoms. The van der Waals surface area contributed by atoms with Crippen molar-refractivity contribution in [3.05, 3.63) is 29.3 Å². The van der Waals surface area contributed by atoms with Gasteiger partial charge >= 0.3 is 6.03 Å². The second-order valence-corrected chi connectivity index (χ2v) is 8.39. The Kier molecular flexibility index (Phi) is 5.26. The number of urea groups is 1. The number of anilines is 1. The monoisotopic (exact) mass is 357 g/mol. The number of hydrogen-bond donors (Lipinski definition) is 1. The van der Waals surface area contributed by atoms with Crippen LogP contribution in [0.15, 0.2) is 18.2 Å². The highest BCUT2D eigenvalue weighted by Gasteiger charge is 2.40. The second kappa shape index (κ2) is 7.29. The molecule has 1 aromatic rings. The molecule has 5 nitrogen and oxygen atoms in total. The van der Waals surface area contributed by atoms with E-state index in [1.54, 1.807) is 0 Å². The van der Waals surface area contributed by atoms with Crippen molar-refractivity contribution in [2.24, 2.45) is 5.41 Å². The summed E-state index contributed by atoms with van der Waals surface area (Å²) in [5, 5.41) is 3.06. The van der Waals surface area contributed by atoms with Gasteiger partial charge < -0.3 is 15.1 Å². The first-order valence-electron chi connectivity index (χ1n) is 9.70. The van der Waals surface area contributed by atoms with Gasteiger partial charge in [0.1, 0.15) is 0 Å². The van der Waals surface area contributed by atoms with E-state index >= 15 is 0 Å². The van der Waals surface area contributed by atoms with E-state index in [9.17, 15) is 9.59 Å². The van der Waals surface area contributed by atoms with Crippen LogP contribution in [0.1, 0.15) is 56.6 Å². The van der Waals surface area contributed by atoms with Gasteiger partial charge in [-0.1, -0.05) is 19.9 Å². The Balaban J connectivity index is 1.59. The van der Waals surface area contributed by atoms with Crippen molar-refractivity contribution in [1.29, 1.82) is 0 Å². The first-order valence-corrected chi connectivity index (χ1v) is 9.70. The van der Waals surface area contributed by atoms with Crippen LogP contribution in [0.4, 0.5) is 10.5 Å². The van der Waals surface area contributed by atoms with E-state index in [2.05, 4.69) is 38.2 Å². The van der Waals surface area contributed by atoms with Crippen LogP contribution in [0, 0.1) is 12.3 Å². The lowest BCUT2D eigenvalue weighted by Gasteiger charge is -2.46.